The van der Waals surface area contributed by atoms with E-state index in [2.05, 4.69) is 0 Å². The van der Waals surface area contributed by atoms with Crippen molar-refractivity contribution in [3.8, 4) is 0 Å². The average molecular weight is 272 g/mol. The Hall–Kier alpha value is -1.40. The lowest BCUT2D eigenvalue weighted by molar-refractivity contribution is 0.0696. The minimum atomic E-state index is -3.58. The smallest absolute Gasteiger partial charge is 0.335 e. The molecule has 0 bridgehead atoms. The van der Waals surface area contributed by atoms with Gasteiger partial charge < -0.3 is 9.84 Å². The summed E-state index contributed by atoms with van der Waals surface area (Å²) in [5, 5.41) is 8.17. The lowest BCUT2D eigenvalue weighted by atomic mass is 10.1. The second-order valence-corrected chi connectivity index (χ2v) is 6.43. The monoisotopic (exact) mass is 272 g/mol. The Bertz CT molecular complexity index is 548. The molecule has 0 aliphatic heterocycles. The van der Waals surface area contributed by atoms with Crippen LogP contribution in [0.1, 0.15) is 22.8 Å². The highest BCUT2D eigenvalue weighted by Gasteiger charge is 2.25. The van der Waals surface area contributed by atoms with Gasteiger partial charge in [0.1, 0.15) is 0 Å². The molecule has 100 valence electrons. The van der Waals surface area contributed by atoms with E-state index in [0.29, 0.717) is 5.56 Å². The Morgan fingerprint density at radius 3 is 2.56 bits per heavy atom. The zero-order valence-electron chi connectivity index (χ0n) is 10.5. The predicted molar refractivity (Wildman–Crippen MR) is 66.7 cm³/mol. The Morgan fingerprint density at radius 1 is 1.44 bits per heavy atom. The molecule has 0 aliphatic rings. The number of hydrogen-bond acceptors (Lipinski definition) is 4. The average Bonchev–Trinajstić information content (AvgIpc) is 2.29. The molecule has 0 saturated carbocycles. The van der Waals surface area contributed by atoms with E-state index in [9.17, 15) is 13.2 Å². The summed E-state index contributed by atoms with van der Waals surface area (Å²) in [4.78, 5) is 10.9. The molecule has 5 nitrogen and oxygen atoms in total. The summed E-state index contributed by atoms with van der Waals surface area (Å²) in [5.74, 6) is -1.15. The van der Waals surface area contributed by atoms with Crippen molar-refractivity contribution in [3.05, 3.63) is 29.3 Å². The lowest BCUT2D eigenvalue weighted by Crippen LogP contribution is -2.24. The Labute approximate surface area is 106 Å². The third-order valence-electron chi connectivity index (χ3n) is 2.67. The van der Waals surface area contributed by atoms with Crippen molar-refractivity contribution < 1.29 is 23.1 Å². The summed E-state index contributed by atoms with van der Waals surface area (Å²) >= 11 is 0. The van der Waals surface area contributed by atoms with Crippen LogP contribution in [0.5, 0.6) is 0 Å². The van der Waals surface area contributed by atoms with Gasteiger partial charge >= 0.3 is 5.97 Å². The van der Waals surface area contributed by atoms with E-state index in [-0.39, 0.29) is 17.1 Å². The molecule has 0 radical (unpaired) electrons. The van der Waals surface area contributed by atoms with E-state index in [4.69, 9.17) is 9.84 Å². The third-order valence-corrected chi connectivity index (χ3v) is 4.92. The minimum absolute atomic E-state index is 0.0382. The van der Waals surface area contributed by atoms with Crippen molar-refractivity contribution >= 4 is 15.8 Å². The molecule has 0 aliphatic carbocycles. The molecule has 18 heavy (non-hydrogen) atoms. The maximum atomic E-state index is 12.2. The van der Waals surface area contributed by atoms with Crippen LogP contribution in [0, 0.1) is 6.92 Å². The fraction of sp³-hybridized carbons (Fsp3) is 0.417. The predicted octanol–water partition coefficient (Wildman–Crippen LogP) is 1.50. The largest absolute Gasteiger partial charge is 0.478 e. The molecule has 1 rings (SSSR count). The van der Waals surface area contributed by atoms with Crippen LogP contribution in [-0.4, -0.2) is 38.5 Å². The van der Waals surface area contributed by atoms with Gasteiger partial charge in [-0.2, -0.15) is 0 Å². The van der Waals surface area contributed by atoms with E-state index in [1.807, 2.05) is 0 Å². The van der Waals surface area contributed by atoms with Gasteiger partial charge in [-0.1, -0.05) is 6.07 Å². The van der Waals surface area contributed by atoms with Gasteiger partial charge in [0.2, 0.25) is 0 Å². The van der Waals surface area contributed by atoms with Gasteiger partial charge in [-0.25, -0.2) is 13.2 Å². The maximum absolute atomic E-state index is 12.2. The molecular formula is C12H16O5S. The fourth-order valence-corrected chi connectivity index (χ4v) is 3.14. The molecule has 0 spiro atoms. The van der Waals surface area contributed by atoms with E-state index in [0.717, 1.165) is 0 Å². The van der Waals surface area contributed by atoms with Crippen LogP contribution in [0.4, 0.5) is 0 Å². The molecular weight excluding hydrogens is 256 g/mol. The van der Waals surface area contributed by atoms with Gasteiger partial charge in [0.25, 0.3) is 0 Å². The molecule has 1 aromatic carbocycles. The Kier molecular flexibility index (Phi) is 4.48. The summed E-state index contributed by atoms with van der Waals surface area (Å²) in [5.41, 5.74) is 0.492. The molecule has 0 fully saturated rings. The van der Waals surface area contributed by atoms with Crippen LogP contribution >= 0.6 is 0 Å². The number of benzene rings is 1. The molecule has 0 aromatic heterocycles. The fourth-order valence-electron chi connectivity index (χ4n) is 1.58. The summed E-state index contributed by atoms with van der Waals surface area (Å²) in [6.45, 7) is 3.24. The third kappa shape index (κ3) is 2.88. The van der Waals surface area contributed by atoms with Crippen molar-refractivity contribution in [3.63, 3.8) is 0 Å². The first-order chi connectivity index (χ1) is 8.30. The number of carboxylic acids is 1. The van der Waals surface area contributed by atoms with Gasteiger partial charge in [-0.15, -0.1) is 0 Å². The number of hydrogen-bond donors (Lipinski definition) is 1. The van der Waals surface area contributed by atoms with Gasteiger partial charge in [0.05, 0.1) is 22.3 Å². The van der Waals surface area contributed by atoms with Gasteiger partial charge in [-0.05, 0) is 31.5 Å². The normalized spacial score (nSPS) is 13.3. The molecule has 1 unspecified atom stereocenters. The van der Waals surface area contributed by atoms with E-state index in [1.165, 1.54) is 32.2 Å². The number of carboxylic acid groups (broad SMARTS) is 1. The standard InChI is InChI=1S/C12H16O5S/c1-8-4-5-10(12(13)14)6-11(8)18(15,16)9(2)7-17-3/h4-6,9H,7H2,1-3H3,(H,13,14). The number of methoxy groups -OCH3 is 1. The number of rotatable bonds is 5. The zero-order valence-corrected chi connectivity index (χ0v) is 11.3. The highest BCUT2D eigenvalue weighted by molar-refractivity contribution is 7.92. The topological polar surface area (TPSA) is 80.7 Å². The molecule has 1 atom stereocenters. The zero-order chi connectivity index (χ0) is 13.9. The van der Waals surface area contributed by atoms with E-state index >= 15 is 0 Å². The van der Waals surface area contributed by atoms with Crippen molar-refractivity contribution in [1.82, 2.24) is 0 Å². The van der Waals surface area contributed by atoms with E-state index < -0.39 is 21.1 Å². The highest BCUT2D eigenvalue weighted by Crippen LogP contribution is 2.22. The molecule has 0 heterocycles. The second kappa shape index (κ2) is 5.49. The van der Waals surface area contributed by atoms with Crippen molar-refractivity contribution in [2.45, 2.75) is 24.0 Å². The summed E-state index contributed by atoms with van der Waals surface area (Å²) in [6, 6.07) is 4.08. The first kappa shape index (κ1) is 14.7. The van der Waals surface area contributed by atoms with Crippen LogP contribution in [0.15, 0.2) is 23.1 Å². The molecule has 1 aromatic rings. The lowest BCUT2D eigenvalue weighted by Gasteiger charge is -2.14. The second-order valence-electron chi connectivity index (χ2n) is 4.10. The van der Waals surface area contributed by atoms with Gasteiger partial charge in [0, 0.05) is 7.11 Å². The quantitative estimate of drug-likeness (QED) is 0.878. The van der Waals surface area contributed by atoms with Crippen LogP contribution < -0.4 is 0 Å². The first-order valence-electron chi connectivity index (χ1n) is 5.37. The van der Waals surface area contributed by atoms with Crippen molar-refractivity contribution in [2.75, 3.05) is 13.7 Å². The Morgan fingerprint density at radius 2 is 2.06 bits per heavy atom. The number of ether oxygens (including phenoxy) is 1. The van der Waals surface area contributed by atoms with Gasteiger partial charge in [0.15, 0.2) is 9.84 Å². The van der Waals surface area contributed by atoms with Crippen molar-refractivity contribution in [1.29, 1.82) is 0 Å². The summed E-state index contributed by atoms with van der Waals surface area (Å²) in [6.07, 6.45) is 0. The Balaban J connectivity index is 3.31. The van der Waals surface area contributed by atoms with Crippen LogP contribution in [0.3, 0.4) is 0 Å². The van der Waals surface area contributed by atoms with Crippen molar-refractivity contribution in [2.24, 2.45) is 0 Å². The first-order valence-corrected chi connectivity index (χ1v) is 6.92. The van der Waals surface area contributed by atoms with Gasteiger partial charge in [-0.3, -0.25) is 0 Å². The highest BCUT2D eigenvalue weighted by atomic mass is 32.2. The van der Waals surface area contributed by atoms with Crippen LogP contribution in [0.25, 0.3) is 0 Å². The molecule has 0 amide bonds. The van der Waals surface area contributed by atoms with Crippen LogP contribution in [-0.2, 0) is 14.6 Å². The summed E-state index contributed by atoms with van der Waals surface area (Å²) < 4.78 is 29.3. The minimum Gasteiger partial charge on any atom is -0.478 e. The van der Waals surface area contributed by atoms with E-state index in [1.54, 1.807) is 6.92 Å². The molecule has 6 heteroatoms. The number of carbonyl (C=O) groups is 1. The maximum Gasteiger partial charge on any atom is 0.335 e. The number of sulfone groups is 1. The number of aromatic carboxylic acids is 1. The molecule has 0 saturated heterocycles. The number of aryl methyl sites for hydroxylation is 1. The van der Waals surface area contributed by atoms with Crippen LogP contribution in [0.2, 0.25) is 0 Å². The molecule has 1 N–H and O–H groups in total. The summed E-state index contributed by atoms with van der Waals surface area (Å²) in [7, 11) is -2.15. The SMILES string of the molecule is COCC(C)S(=O)(=O)c1cc(C(=O)O)ccc1C.